The molecule has 0 unspecified atom stereocenters. The Bertz CT molecular complexity index is 983. The number of rotatable bonds is 0. The van der Waals surface area contributed by atoms with Gasteiger partial charge in [-0.1, -0.05) is 18.2 Å². The Balaban J connectivity index is 2.38. The van der Waals surface area contributed by atoms with E-state index in [0.29, 0.717) is 0 Å². The molecule has 0 saturated heterocycles. The van der Waals surface area contributed by atoms with Gasteiger partial charge in [0.2, 0.25) is 0 Å². The molecule has 0 amide bonds. The van der Waals surface area contributed by atoms with Crippen LogP contribution in [0.5, 0.6) is 0 Å². The zero-order valence-electron chi connectivity index (χ0n) is 11.4. The van der Waals surface area contributed by atoms with Crippen molar-refractivity contribution in [2.45, 2.75) is 13.8 Å². The van der Waals surface area contributed by atoms with Crippen LogP contribution in [0.2, 0.25) is 0 Å². The maximum absolute atomic E-state index is 10.5. The van der Waals surface area contributed by atoms with Crippen LogP contribution < -0.4 is 0 Å². The second-order valence-corrected chi connectivity index (χ2v) is 5.22. The Hall–Kier alpha value is -2.55. The standard InChI is InChI=1S/C17H14N2O/c1-10-12-7-8-18-11(2)14(12)9-15-13-5-3-4-6-16(13)19(20)17(10)15/h3-9,20H,1-2H3. The largest absolute Gasteiger partial charge is 0.428 e. The smallest absolute Gasteiger partial charge is 0.0914 e. The van der Waals surface area contributed by atoms with Gasteiger partial charge in [-0.15, -0.1) is 0 Å². The van der Waals surface area contributed by atoms with Crippen molar-refractivity contribution in [2.24, 2.45) is 0 Å². The van der Waals surface area contributed by atoms with E-state index in [-0.39, 0.29) is 0 Å². The Labute approximate surface area is 116 Å². The van der Waals surface area contributed by atoms with Gasteiger partial charge in [0.1, 0.15) is 0 Å². The number of nitrogens with zero attached hydrogens (tertiary/aromatic N) is 2. The normalized spacial score (nSPS) is 11.7. The molecule has 0 aliphatic rings. The highest BCUT2D eigenvalue weighted by Crippen LogP contribution is 2.35. The minimum Gasteiger partial charge on any atom is -0.428 e. The van der Waals surface area contributed by atoms with Gasteiger partial charge in [-0.3, -0.25) is 4.98 Å². The lowest BCUT2D eigenvalue weighted by Crippen LogP contribution is -1.93. The summed E-state index contributed by atoms with van der Waals surface area (Å²) < 4.78 is 1.30. The van der Waals surface area contributed by atoms with E-state index in [1.165, 1.54) is 4.73 Å². The summed E-state index contributed by atoms with van der Waals surface area (Å²) in [5, 5.41) is 14.9. The molecule has 3 heteroatoms. The molecule has 0 atom stereocenters. The number of aryl methyl sites for hydroxylation is 2. The molecule has 4 aromatic rings. The van der Waals surface area contributed by atoms with Crippen LogP contribution in [0.25, 0.3) is 32.6 Å². The molecule has 2 aromatic heterocycles. The highest BCUT2D eigenvalue weighted by atomic mass is 16.5. The summed E-state index contributed by atoms with van der Waals surface area (Å²) in [4.78, 5) is 4.37. The van der Waals surface area contributed by atoms with E-state index in [2.05, 4.69) is 18.0 Å². The zero-order chi connectivity index (χ0) is 13.9. The molecule has 0 bridgehead atoms. The van der Waals surface area contributed by atoms with E-state index in [1.807, 2.05) is 43.5 Å². The van der Waals surface area contributed by atoms with Crippen molar-refractivity contribution in [1.29, 1.82) is 0 Å². The van der Waals surface area contributed by atoms with Gasteiger partial charge in [-0.25, -0.2) is 0 Å². The van der Waals surface area contributed by atoms with Gasteiger partial charge in [0.15, 0.2) is 0 Å². The predicted octanol–water partition coefficient (Wildman–Crippen LogP) is 4.20. The minimum atomic E-state index is 0.839. The number of pyridine rings is 1. The Morgan fingerprint density at radius 1 is 0.950 bits per heavy atom. The minimum absolute atomic E-state index is 0.839. The molecule has 0 aliphatic carbocycles. The molecule has 4 rings (SSSR count). The summed E-state index contributed by atoms with van der Waals surface area (Å²) in [5.41, 5.74) is 3.82. The highest BCUT2D eigenvalue weighted by Gasteiger charge is 2.14. The first kappa shape index (κ1) is 11.3. The molecular formula is C17H14N2O. The molecular weight excluding hydrogens is 248 g/mol. The van der Waals surface area contributed by atoms with Crippen molar-refractivity contribution < 1.29 is 5.21 Å². The third-order valence-corrected chi connectivity index (χ3v) is 4.13. The average molecular weight is 262 g/mol. The van der Waals surface area contributed by atoms with Crippen LogP contribution in [0.3, 0.4) is 0 Å². The molecule has 3 nitrogen and oxygen atoms in total. The fraction of sp³-hybridized carbons (Fsp3) is 0.118. The van der Waals surface area contributed by atoms with Crippen LogP contribution in [0.15, 0.2) is 42.6 Å². The summed E-state index contributed by atoms with van der Waals surface area (Å²) in [7, 11) is 0. The van der Waals surface area contributed by atoms with Gasteiger partial charge in [0, 0.05) is 28.0 Å². The molecule has 0 aliphatic heterocycles. The topological polar surface area (TPSA) is 38.0 Å². The number of hydrogen-bond acceptors (Lipinski definition) is 2. The van der Waals surface area contributed by atoms with Crippen molar-refractivity contribution in [3.63, 3.8) is 0 Å². The lowest BCUT2D eigenvalue weighted by Gasteiger charge is -2.07. The number of hydrogen-bond donors (Lipinski definition) is 1. The first-order valence-corrected chi connectivity index (χ1v) is 6.66. The zero-order valence-corrected chi connectivity index (χ0v) is 11.4. The Morgan fingerprint density at radius 3 is 2.60 bits per heavy atom. The predicted molar refractivity (Wildman–Crippen MR) is 81.4 cm³/mol. The third-order valence-electron chi connectivity index (χ3n) is 4.13. The number of fused-ring (bicyclic) bond motifs is 4. The molecule has 0 fully saturated rings. The van der Waals surface area contributed by atoms with E-state index in [9.17, 15) is 5.21 Å². The summed E-state index contributed by atoms with van der Waals surface area (Å²) in [6.07, 6.45) is 1.82. The van der Waals surface area contributed by atoms with Gasteiger partial charge in [0.05, 0.1) is 11.0 Å². The molecule has 1 N–H and O–H groups in total. The fourth-order valence-electron chi connectivity index (χ4n) is 3.11. The lowest BCUT2D eigenvalue weighted by atomic mass is 10.0. The first-order chi connectivity index (χ1) is 9.68. The summed E-state index contributed by atoms with van der Waals surface area (Å²) in [6.45, 7) is 4.07. The van der Waals surface area contributed by atoms with E-state index >= 15 is 0 Å². The summed E-state index contributed by atoms with van der Waals surface area (Å²) in [6, 6.07) is 12.1. The van der Waals surface area contributed by atoms with Crippen molar-refractivity contribution in [2.75, 3.05) is 0 Å². The SMILES string of the molecule is Cc1nccc2c(C)c3c(cc12)c1ccccc1n3O. The highest BCUT2D eigenvalue weighted by molar-refractivity contribution is 6.14. The van der Waals surface area contributed by atoms with E-state index in [4.69, 9.17) is 0 Å². The van der Waals surface area contributed by atoms with E-state index in [0.717, 1.165) is 43.8 Å². The fourth-order valence-corrected chi connectivity index (χ4v) is 3.11. The van der Waals surface area contributed by atoms with Crippen molar-refractivity contribution >= 4 is 32.6 Å². The second-order valence-electron chi connectivity index (χ2n) is 5.22. The maximum atomic E-state index is 10.5. The van der Waals surface area contributed by atoms with Gasteiger partial charge in [-0.05, 0) is 43.0 Å². The van der Waals surface area contributed by atoms with Gasteiger partial charge < -0.3 is 5.21 Å². The molecule has 2 aromatic carbocycles. The Morgan fingerprint density at radius 2 is 1.75 bits per heavy atom. The first-order valence-electron chi connectivity index (χ1n) is 6.66. The van der Waals surface area contributed by atoms with Crippen molar-refractivity contribution in [1.82, 2.24) is 9.71 Å². The van der Waals surface area contributed by atoms with Crippen LogP contribution in [-0.4, -0.2) is 14.9 Å². The summed E-state index contributed by atoms with van der Waals surface area (Å²) in [5.74, 6) is 0. The Kier molecular flexibility index (Phi) is 2.11. The molecule has 2 heterocycles. The van der Waals surface area contributed by atoms with Crippen LogP contribution >= 0.6 is 0 Å². The molecule has 20 heavy (non-hydrogen) atoms. The third kappa shape index (κ3) is 1.27. The van der Waals surface area contributed by atoms with Crippen molar-refractivity contribution in [3.05, 3.63) is 53.9 Å². The van der Waals surface area contributed by atoms with E-state index in [1.54, 1.807) is 0 Å². The molecule has 0 saturated carbocycles. The lowest BCUT2D eigenvalue weighted by molar-refractivity contribution is 0.212. The number of aromatic nitrogens is 2. The van der Waals surface area contributed by atoms with Crippen LogP contribution in [0.4, 0.5) is 0 Å². The average Bonchev–Trinajstić information content (AvgIpc) is 2.75. The monoisotopic (exact) mass is 262 g/mol. The summed E-state index contributed by atoms with van der Waals surface area (Å²) >= 11 is 0. The maximum Gasteiger partial charge on any atom is 0.0914 e. The van der Waals surface area contributed by atoms with Gasteiger partial charge >= 0.3 is 0 Å². The molecule has 0 spiro atoms. The molecule has 0 radical (unpaired) electrons. The number of benzene rings is 2. The van der Waals surface area contributed by atoms with Crippen LogP contribution in [-0.2, 0) is 0 Å². The van der Waals surface area contributed by atoms with Crippen LogP contribution in [0.1, 0.15) is 11.3 Å². The number of para-hydroxylation sites is 1. The van der Waals surface area contributed by atoms with E-state index < -0.39 is 0 Å². The van der Waals surface area contributed by atoms with Gasteiger partial charge in [-0.2, -0.15) is 4.73 Å². The van der Waals surface area contributed by atoms with Crippen molar-refractivity contribution in [3.8, 4) is 0 Å². The molecule has 98 valence electrons. The second kappa shape index (κ2) is 3.73. The van der Waals surface area contributed by atoms with Crippen LogP contribution in [0, 0.1) is 13.8 Å². The van der Waals surface area contributed by atoms with Gasteiger partial charge in [0.25, 0.3) is 0 Å². The quantitative estimate of drug-likeness (QED) is 0.482.